The first-order valence-electron chi connectivity index (χ1n) is 9.46. The van der Waals surface area contributed by atoms with Gasteiger partial charge < -0.3 is 16.0 Å². The lowest BCUT2D eigenvalue weighted by atomic mass is 9.98. The van der Waals surface area contributed by atoms with Crippen molar-refractivity contribution in [3.8, 4) is 0 Å². The van der Waals surface area contributed by atoms with Crippen LogP contribution in [0.15, 0.2) is 46.8 Å². The molecule has 3 N–H and O–H groups in total. The van der Waals surface area contributed by atoms with E-state index in [-0.39, 0.29) is 41.5 Å². The summed E-state index contributed by atoms with van der Waals surface area (Å²) in [6.07, 6.45) is -4.47. The average molecular weight is 478 g/mol. The number of carbonyl (C=O) groups excluding carboxylic acids is 2. The molecular formula is C20H20ClF4N3O2S. The number of halogens is 5. The predicted molar refractivity (Wildman–Crippen MR) is 111 cm³/mol. The molecule has 1 amide bonds. The third kappa shape index (κ3) is 5.81. The summed E-state index contributed by atoms with van der Waals surface area (Å²) in [5.74, 6) is -1.88. The van der Waals surface area contributed by atoms with E-state index < -0.39 is 36.4 Å². The molecule has 1 saturated heterocycles. The lowest BCUT2D eigenvalue weighted by Crippen LogP contribution is -2.52. The number of hydrogen-bond acceptors (Lipinski definition) is 5. The van der Waals surface area contributed by atoms with E-state index in [0.29, 0.717) is 5.02 Å². The Morgan fingerprint density at radius 1 is 1.29 bits per heavy atom. The van der Waals surface area contributed by atoms with Gasteiger partial charge in [-0.3, -0.25) is 9.59 Å². The van der Waals surface area contributed by atoms with Gasteiger partial charge in [-0.15, -0.1) is 11.8 Å². The van der Waals surface area contributed by atoms with Gasteiger partial charge >= 0.3 is 6.18 Å². The lowest BCUT2D eigenvalue weighted by molar-refractivity contribution is -0.136. The molecule has 2 heterocycles. The second-order valence-electron chi connectivity index (χ2n) is 7.22. The first-order valence-corrected chi connectivity index (χ1v) is 10.8. The van der Waals surface area contributed by atoms with Crippen molar-refractivity contribution in [2.45, 2.75) is 37.6 Å². The third-order valence-corrected chi connectivity index (χ3v) is 6.32. The second-order valence-corrected chi connectivity index (χ2v) is 8.72. The summed E-state index contributed by atoms with van der Waals surface area (Å²) in [6.45, 7) is -0.0711. The third-order valence-electron chi connectivity index (χ3n) is 4.83. The molecule has 0 saturated carbocycles. The van der Waals surface area contributed by atoms with E-state index >= 15 is 4.39 Å². The number of rotatable bonds is 6. The van der Waals surface area contributed by atoms with Crippen LogP contribution in [-0.4, -0.2) is 47.1 Å². The number of hydrogen-bond donors (Lipinski definition) is 2. The summed E-state index contributed by atoms with van der Waals surface area (Å²) < 4.78 is 52.0. The van der Waals surface area contributed by atoms with Gasteiger partial charge in [-0.05, 0) is 24.1 Å². The van der Waals surface area contributed by atoms with Gasteiger partial charge in [-0.1, -0.05) is 23.7 Å². The van der Waals surface area contributed by atoms with Gasteiger partial charge in [0.1, 0.15) is 11.9 Å². The number of carbonyl (C=O) groups is 2. The van der Waals surface area contributed by atoms with E-state index in [1.54, 1.807) is 24.3 Å². The molecule has 2 atom stereocenters. The molecule has 31 heavy (non-hydrogen) atoms. The Balaban J connectivity index is 1.82. The largest absolute Gasteiger partial charge is 0.389 e. The minimum atomic E-state index is -4.33. The van der Waals surface area contributed by atoms with E-state index in [1.807, 2.05) is 0 Å². The maximum atomic E-state index is 15.1. The Morgan fingerprint density at radius 3 is 2.61 bits per heavy atom. The Hall–Kier alpha value is -2.04. The van der Waals surface area contributed by atoms with Crippen LogP contribution in [0.2, 0.25) is 5.02 Å². The molecular weight excluding hydrogens is 458 g/mol. The van der Waals surface area contributed by atoms with Gasteiger partial charge in [0.05, 0.1) is 16.5 Å². The zero-order valence-corrected chi connectivity index (χ0v) is 17.8. The second kappa shape index (κ2) is 9.62. The highest BCUT2D eigenvalue weighted by atomic mass is 35.5. The summed E-state index contributed by atoms with van der Waals surface area (Å²) in [4.78, 5) is 26.8. The molecule has 0 aliphatic carbocycles. The standard InChI is InChI=1S/C20H20ClF4N3O2S/c21-12-4-2-11(3-5-12)8-28-9-13(19(30)27-7-1-6-20(23,24)25)15(22)18-16(28)17(29)14(26)10-31-18/h2-5,9,14,16H,1,6-8,10,26H2,(H,27,30)/t14-,16?/m0/s1. The summed E-state index contributed by atoms with van der Waals surface area (Å²) in [5.41, 5.74) is 6.30. The van der Waals surface area contributed by atoms with Gasteiger partial charge in [0.25, 0.3) is 5.91 Å². The van der Waals surface area contributed by atoms with Crippen molar-refractivity contribution in [3.05, 3.63) is 57.4 Å². The van der Waals surface area contributed by atoms with Gasteiger partial charge in [-0.2, -0.15) is 13.2 Å². The van der Waals surface area contributed by atoms with E-state index in [0.717, 1.165) is 17.3 Å². The van der Waals surface area contributed by atoms with Crippen molar-refractivity contribution >= 4 is 35.1 Å². The van der Waals surface area contributed by atoms with Crippen LogP contribution >= 0.6 is 23.4 Å². The summed E-state index contributed by atoms with van der Waals surface area (Å²) in [6, 6.07) is 5.07. The maximum Gasteiger partial charge on any atom is 0.389 e. The molecule has 0 bridgehead atoms. The van der Waals surface area contributed by atoms with Crippen LogP contribution in [-0.2, 0) is 16.1 Å². The highest BCUT2D eigenvalue weighted by molar-refractivity contribution is 8.03. The zero-order valence-electron chi connectivity index (χ0n) is 16.2. The molecule has 0 radical (unpaired) electrons. The van der Waals surface area contributed by atoms with E-state index in [1.165, 1.54) is 11.1 Å². The first-order chi connectivity index (χ1) is 14.6. The van der Waals surface area contributed by atoms with Crippen molar-refractivity contribution in [1.82, 2.24) is 10.2 Å². The van der Waals surface area contributed by atoms with Crippen molar-refractivity contribution in [2.75, 3.05) is 12.3 Å². The Kier molecular flexibility index (Phi) is 7.33. The Morgan fingerprint density at radius 2 is 1.97 bits per heavy atom. The SMILES string of the molecule is N[C@H]1CSC2=C(F)C(C(=O)NCCCC(F)(F)F)=CN(Cc3ccc(Cl)cc3)C2C1=O. The molecule has 2 aliphatic heterocycles. The van der Waals surface area contributed by atoms with Crippen molar-refractivity contribution < 1.29 is 27.2 Å². The number of thioether (sulfide) groups is 1. The number of amides is 1. The normalized spacial score (nSPS) is 21.7. The maximum absolute atomic E-state index is 15.1. The average Bonchev–Trinajstić information content (AvgIpc) is 2.70. The number of nitrogens with two attached hydrogens (primary N) is 1. The number of fused-ring (bicyclic) bond motifs is 1. The van der Waals surface area contributed by atoms with E-state index in [2.05, 4.69) is 5.32 Å². The Bertz CT molecular complexity index is 918. The highest BCUT2D eigenvalue weighted by Gasteiger charge is 2.42. The molecule has 1 fully saturated rings. The Labute approximate surface area is 185 Å². The summed E-state index contributed by atoms with van der Waals surface area (Å²) >= 11 is 6.96. The molecule has 168 valence electrons. The molecule has 11 heteroatoms. The fraction of sp³-hybridized carbons (Fsp3) is 0.400. The number of alkyl halides is 3. The van der Waals surface area contributed by atoms with Crippen LogP contribution in [0.25, 0.3) is 0 Å². The summed E-state index contributed by atoms with van der Waals surface area (Å²) in [7, 11) is 0. The van der Waals surface area contributed by atoms with Gasteiger partial charge in [0.2, 0.25) is 0 Å². The van der Waals surface area contributed by atoms with Crippen LogP contribution < -0.4 is 11.1 Å². The monoisotopic (exact) mass is 477 g/mol. The predicted octanol–water partition coefficient (Wildman–Crippen LogP) is 3.69. The van der Waals surface area contributed by atoms with E-state index in [4.69, 9.17) is 17.3 Å². The lowest BCUT2D eigenvalue weighted by Gasteiger charge is -2.39. The fourth-order valence-corrected chi connectivity index (χ4v) is 4.58. The van der Waals surface area contributed by atoms with Crippen molar-refractivity contribution in [2.24, 2.45) is 5.73 Å². The van der Waals surface area contributed by atoms with Gasteiger partial charge in [-0.25, -0.2) is 4.39 Å². The van der Waals surface area contributed by atoms with Crippen LogP contribution in [0.1, 0.15) is 18.4 Å². The molecule has 1 unspecified atom stereocenters. The number of nitrogens with one attached hydrogen (secondary N) is 1. The van der Waals surface area contributed by atoms with Crippen molar-refractivity contribution in [3.63, 3.8) is 0 Å². The van der Waals surface area contributed by atoms with Gasteiger partial charge in [0.15, 0.2) is 5.78 Å². The molecule has 0 spiro atoms. The quantitative estimate of drug-likeness (QED) is 0.483. The molecule has 1 aromatic rings. The molecule has 1 aromatic carbocycles. The van der Waals surface area contributed by atoms with Crippen LogP contribution in [0.3, 0.4) is 0 Å². The fourth-order valence-electron chi connectivity index (χ4n) is 3.28. The van der Waals surface area contributed by atoms with Crippen LogP contribution in [0.4, 0.5) is 17.6 Å². The zero-order chi connectivity index (χ0) is 22.8. The minimum Gasteiger partial charge on any atom is -0.358 e. The number of ketones is 1. The topological polar surface area (TPSA) is 75.4 Å². The molecule has 0 aromatic heterocycles. The highest BCUT2D eigenvalue weighted by Crippen LogP contribution is 2.40. The summed E-state index contributed by atoms with van der Waals surface area (Å²) in [5, 5.41) is 2.84. The number of benzene rings is 1. The van der Waals surface area contributed by atoms with Crippen molar-refractivity contribution in [1.29, 1.82) is 0 Å². The number of nitrogens with zero attached hydrogens (tertiary/aromatic N) is 1. The molecule has 5 nitrogen and oxygen atoms in total. The van der Waals surface area contributed by atoms with Gasteiger partial charge in [0, 0.05) is 36.5 Å². The molecule has 3 rings (SSSR count). The first kappa shape index (κ1) is 23.6. The minimum absolute atomic E-state index is 0.0867. The molecule has 2 aliphatic rings. The van der Waals surface area contributed by atoms with Crippen LogP contribution in [0, 0.1) is 0 Å². The van der Waals surface area contributed by atoms with E-state index in [9.17, 15) is 22.8 Å². The number of Topliss-reactive ketones (excluding diaryl/α,β-unsaturated/α-hetero) is 1. The smallest absolute Gasteiger partial charge is 0.358 e. The van der Waals surface area contributed by atoms with Crippen LogP contribution in [0.5, 0.6) is 0 Å².